The van der Waals surface area contributed by atoms with Gasteiger partial charge in [0.15, 0.2) is 0 Å². The van der Waals surface area contributed by atoms with Gasteiger partial charge in [-0.3, -0.25) is 4.68 Å². The lowest BCUT2D eigenvalue weighted by atomic mass is 9.99. The highest BCUT2D eigenvalue weighted by atomic mass is 19.1. The molecule has 1 atom stereocenters. The van der Waals surface area contributed by atoms with Gasteiger partial charge in [0, 0.05) is 19.2 Å². The first kappa shape index (κ1) is 13.7. The van der Waals surface area contributed by atoms with Gasteiger partial charge in [-0.05, 0) is 43.5 Å². The number of aryl methyl sites for hydroxylation is 3. The SMILES string of the molecule is Cc1cc(C(O)Cc2c(C)nn(C)c2C)ccc1F. The molecule has 2 aromatic rings. The molecule has 3 nitrogen and oxygen atoms in total. The molecule has 0 aliphatic rings. The van der Waals surface area contributed by atoms with E-state index in [1.54, 1.807) is 19.1 Å². The molecule has 4 heteroatoms. The van der Waals surface area contributed by atoms with Crippen molar-refractivity contribution >= 4 is 0 Å². The Balaban J connectivity index is 2.25. The van der Waals surface area contributed by atoms with Crippen LogP contribution in [0.5, 0.6) is 0 Å². The molecule has 1 N–H and O–H groups in total. The van der Waals surface area contributed by atoms with Crippen LogP contribution < -0.4 is 0 Å². The average Bonchev–Trinajstić information content (AvgIpc) is 2.59. The number of hydrogen-bond donors (Lipinski definition) is 1. The van der Waals surface area contributed by atoms with Crippen LogP contribution in [0.25, 0.3) is 0 Å². The standard InChI is InChI=1S/C15H19FN2O/c1-9-7-12(5-6-14(9)16)15(19)8-13-10(2)17-18(4)11(13)3/h5-7,15,19H,8H2,1-4H3. The second-order valence-electron chi connectivity index (χ2n) is 5.00. The summed E-state index contributed by atoms with van der Waals surface area (Å²) in [6.45, 7) is 5.62. The van der Waals surface area contributed by atoms with E-state index in [0.717, 1.165) is 22.5 Å². The number of halogens is 1. The maximum absolute atomic E-state index is 13.2. The van der Waals surface area contributed by atoms with E-state index >= 15 is 0 Å². The van der Waals surface area contributed by atoms with Gasteiger partial charge < -0.3 is 5.11 Å². The average molecular weight is 262 g/mol. The van der Waals surface area contributed by atoms with Crippen molar-refractivity contribution in [2.45, 2.75) is 33.3 Å². The molecule has 0 bridgehead atoms. The minimum Gasteiger partial charge on any atom is -0.388 e. The third-order valence-corrected chi connectivity index (χ3v) is 3.62. The van der Waals surface area contributed by atoms with Crippen molar-refractivity contribution in [3.8, 4) is 0 Å². The molecule has 0 saturated heterocycles. The summed E-state index contributed by atoms with van der Waals surface area (Å²) in [5, 5.41) is 14.6. The number of aliphatic hydroxyl groups is 1. The summed E-state index contributed by atoms with van der Waals surface area (Å²) in [7, 11) is 1.89. The van der Waals surface area contributed by atoms with Crippen LogP contribution in [0.3, 0.4) is 0 Å². The van der Waals surface area contributed by atoms with Crippen molar-refractivity contribution < 1.29 is 9.50 Å². The van der Waals surface area contributed by atoms with E-state index in [4.69, 9.17) is 0 Å². The minimum atomic E-state index is -0.638. The molecule has 102 valence electrons. The van der Waals surface area contributed by atoms with Crippen LogP contribution >= 0.6 is 0 Å². The zero-order valence-corrected chi connectivity index (χ0v) is 11.7. The Hall–Kier alpha value is -1.68. The van der Waals surface area contributed by atoms with Crippen LogP contribution in [0.2, 0.25) is 0 Å². The normalized spacial score (nSPS) is 12.7. The molecule has 0 amide bonds. The van der Waals surface area contributed by atoms with Crippen molar-refractivity contribution in [3.05, 3.63) is 52.1 Å². The summed E-state index contributed by atoms with van der Waals surface area (Å²) < 4.78 is 15.0. The van der Waals surface area contributed by atoms with E-state index in [1.165, 1.54) is 6.07 Å². The van der Waals surface area contributed by atoms with Crippen molar-refractivity contribution in [2.24, 2.45) is 7.05 Å². The zero-order valence-electron chi connectivity index (χ0n) is 11.7. The molecular formula is C15H19FN2O. The van der Waals surface area contributed by atoms with Gasteiger partial charge in [-0.25, -0.2) is 4.39 Å². The van der Waals surface area contributed by atoms with Gasteiger partial charge in [0.2, 0.25) is 0 Å². The van der Waals surface area contributed by atoms with Crippen LogP contribution in [0.1, 0.15) is 34.2 Å². The number of nitrogens with zero attached hydrogens (tertiary/aromatic N) is 2. The van der Waals surface area contributed by atoms with E-state index in [0.29, 0.717) is 12.0 Å². The summed E-state index contributed by atoms with van der Waals surface area (Å²) in [4.78, 5) is 0. The minimum absolute atomic E-state index is 0.246. The molecule has 0 aliphatic carbocycles. The number of hydrogen-bond acceptors (Lipinski definition) is 2. The lowest BCUT2D eigenvalue weighted by Gasteiger charge is -2.12. The fourth-order valence-corrected chi connectivity index (χ4v) is 2.30. The van der Waals surface area contributed by atoms with Gasteiger partial charge in [0.05, 0.1) is 11.8 Å². The molecule has 1 aromatic carbocycles. The molecule has 0 spiro atoms. The Labute approximate surface area is 112 Å². The Bertz CT molecular complexity index is 604. The summed E-state index contributed by atoms with van der Waals surface area (Å²) in [5.74, 6) is -0.246. The van der Waals surface area contributed by atoms with Gasteiger partial charge in [-0.2, -0.15) is 5.10 Å². The van der Waals surface area contributed by atoms with Crippen molar-refractivity contribution in [2.75, 3.05) is 0 Å². The summed E-state index contributed by atoms with van der Waals surface area (Å²) in [6, 6.07) is 4.73. The molecule has 0 fully saturated rings. The molecule has 1 aromatic heterocycles. The molecule has 0 saturated carbocycles. The van der Waals surface area contributed by atoms with Gasteiger partial charge in [-0.1, -0.05) is 12.1 Å². The van der Waals surface area contributed by atoms with E-state index in [9.17, 15) is 9.50 Å². The largest absolute Gasteiger partial charge is 0.388 e. The topological polar surface area (TPSA) is 38.1 Å². The number of benzene rings is 1. The number of aromatic nitrogens is 2. The smallest absolute Gasteiger partial charge is 0.126 e. The summed E-state index contributed by atoms with van der Waals surface area (Å²) >= 11 is 0. The van der Waals surface area contributed by atoms with E-state index in [2.05, 4.69) is 5.10 Å². The van der Waals surface area contributed by atoms with Gasteiger partial charge in [0.1, 0.15) is 5.82 Å². The Kier molecular flexibility index (Phi) is 3.71. The molecule has 0 radical (unpaired) electrons. The predicted octanol–water partition coefficient (Wildman–Crippen LogP) is 2.76. The third kappa shape index (κ3) is 2.68. The quantitative estimate of drug-likeness (QED) is 0.923. The highest BCUT2D eigenvalue weighted by Gasteiger charge is 2.16. The van der Waals surface area contributed by atoms with Crippen molar-refractivity contribution in [1.82, 2.24) is 9.78 Å². The maximum Gasteiger partial charge on any atom is 0.126 e. The number of rotatable bonds is 3. The Morgan fingerprint density at radius 3 is 2.53 bits per heavy atom. The first-order chi connectivity index (χ1) is 8.90. The second-order valence-corrected chi connectivity index (χ2v) is 5.00. The Morgan fingerprint density at radius 2 is 2.00 bits per heavy atom. The monoisotopic (exact) mass is 262 g/mol. The fraction of sp³-hybridized carbons (Fsp3) is 0.400. The molecule has 19 heavy (non-hydrogen) atoms. The first-order valence-electron chi connectivity index (χ1n) is 6.33. The Morgan fingerprint density at radius 1 is 1.32 bits per heavy atom. The van der Waals surface area contributed by atoms with E-state index in [-0.39, 0.29) is 5.82 Å². The number of aliphatic hydroxyl groups excluding tert-OH is 1. The maximum atomic E-state index is 13.2. The molecule has 1 heterocycles. The van der Waals surface area contributed by atoms with Crippen LogP contribution in [0.15, 0.2) is 18.2 Å². The van der Waals surface area contributed by atoms with Crippen LogP contribution in [0.4, 0.5) is 4.39 Å². The fourth-order valence-electron chi connectivity index (χ4n) is 2.30. The second kappa shape index (κ2) is 5.13. The van der Waals surface area contributed by atoms with Crippen LogP contribution in [0, 0.1) is 26.6 Å². The lowest BCUT2D eigenvalue weighted by Crippen LogP contribution is -2.04. The molecule has 0 aliphatic heterocycles. The first-order valence-corrected chi connectivity index (χ1v) is 6.33. The predicted molar refractivity (Wildman–Crippen MR) is 72.5 cm³/mol. The molecule has 2 rings (SSSR count). The van der Waals surface area contributed by atoms with Gasteiger partial charge >= 0.3 is 0 Å². The van der Waals surface area contributed by atoms with E-state index in [1.807, 2.05) is 25.6 Å². The zero-order chi connectivity index (χ0) is 14.2. The lowest BCUT2D eigenvalue weighted by molar-refractivity contribution is 0.178. The van der Waals surface area contributed by atoms with Gasteiger partial charge in [0.25, 0.3) is 0 Å². The van der Waals surface area contributed by atoms with Crippen molar-refractivity contribution in [3.63, 3.8) is 0 Å². The van der Waals surface area contributed by atoms with Crippen LogP contribution in [-0.2, 0) is 13.5 Å². The van der Waals surface area contributed by atoms with Crippen LogP contribution in [-0.4, -0.2) is 14.9 Å². The summed E-state index contributed by atoms with van der Waals surface area (Å²) in [5.41, 5.74) is 4.32. The van der Waals surface area contributed by atoms with E-state index < -0.39 is 6.10 Å². The summed E-state index contributed by atoms with van der Waals surface area (Å²) in [6.07, 6.45) is -0.141. The third-order valence-electron chi connectivity index (χ3n) is 3.62. The van der Waals surface area contributed by atoms with Gasteiger partial charge in [-0.15, -0.1) is 0 Å². The molecular weight excluding hydrogens is 243 g/mol. The highest BCUT2D eigenvalue weighted by molar-refractivity contribution is 5.30. The highest BCUT2D eigenvalue weighted by Crippen LogP contribution is 2.23. The molecule has 1 unspecified atom stereocenters. The van der Waals surface area contributed by atoms with Crippen molar-refractivity contribution in [1.29, 1.82) is 0 Å².